The first-order valence-corrected chi connectivity index (χ1v) is 21.7. The zero-order chi connectivity index (χ0) is 42.7. The Morgan fingerprint density at radius 1 is 0.266 bits per heavy atom. The Hall–Kier alpha value is -8.60. The predicted molar refractivity (Wildman–Crippen MR) is 268 cm³/mol. The van der Waals surface area contributed by atoms with Crippen LogP contribution in [0.15, 0.2) is 255 Å². The van der Waals surface area contributed by atoms with Gasteiger partial charge < -0.3 is 9.80 Å². The molecular formula is C60H42N4. The van der Waals surface area contributed by atoms with E-state index in [1.165, 1.54) is 21.9 Å². The Morgan fingerprint density at radius 2 is 0.656 bits per heavy atom. The molecule has 0 amide bonds. The molecule has 4 nitrogen and oxygen atoms in total. The smallest absolute Gasteiger partial charge is 0.0702 e. The monoisotopic (exact) mass is 818 g/mol. The molecule has 302 valence electrons. The average molecular weight is 819 g/mol. The van der Waals surface area contributed by atoms with Crippen LogP contribution in [-0.4, -0.2) is 9.97 Å². The van der Waals surface area contributed by atoms with Crippen molar-refractivity contribution in [2.24, 2.45) is 0 Å². The Morgan fingerprint density at radius 3 is 1.17 bits per heavy atom. The van der Waals surface area contributed by atoms with Crippen LogP contribution in [0.2, 0.25) is 0 Å². The summed E-state index contributed by atoms with van der Waals surface area (Å²) in [5.41, 5.74) is 15.1. The summed E-state index contributed by atoms with van der Waals surface area (Å²) in [4.78, 5) is 14.2. The van der Waals surface area contributed by atoms with Crippen LogP contribution in [0, 0.1) is 0 Å². The zero-order valence-electron chi connectivity index (χ0n) is 35.0. The molecular weight excluding hydrogens is 777 g/mol. The van der Waals surface area contributed by atoms with Crippen molar-refractivity contribution in [1.82, 2.24) is 9.97 Å². The van der Waals surface area contributed by atoms with Crippen molar-refractivity contribution < 1.29 is 0 Å². The number of pyridine rings is 2. The maximum Gasteiger partial charge on any atom is 0.0702 e. The van der Waals surface area contributed by atoms with Crippen molar-refractivity contribution in [1.29, 1.82) is 0 Å². The van der Waals surface area contributed by atoms with Gasteiger partial charge in [-0.1, -0.05) is 140 Å². The SMILES string of the molecule is c1ccc(N(c2ccccc2)c2ccc(N(c3ccccc3)c3cccc4c(-c5cccc(-c6ccccn6)c5)c5ccccc5c(-c5cccc(-c6ccccn6)c5)c34)cc2)cc1. The summed E-state index contributed by atoms with van der Waals surface area (Å²) in [6.07, 6.45) is 3.72. The summed E-state index contributed by atoms with van der Waals surface area (Å²) in [5.74, 6) is 0. The molecule has 0 bridgehead atoms. The summed E-state index contributed by atoms with van der Waals surface area (Å²) in [5, 5.41) is 4.66. The van der Waals surface area contributed by atoms with Gasteiger partial charge in [-0.25, -0.2) is 0 Å². The first-order chi connectivity index (χ1) is 31.8. The van der Waals surface area contributed by atoms with Gasteiger partial charge in [0.25, 0.3) is 0 Å². The van der Waals surface area contributed by atoms with Gasteiger partial charge in [-0.2, -0.15) is 0 Å². The van der Waals surface area contributed by atoms with Crippen LogP contribution in [0.25, 0.3) is 66.3 Å². The Labute approximate surface area is 373 Å². The lowest BCUT2D eigenvalue weighted by Crippen LogP contribution is -2.12. The van der Waals surface area contributed by atoms with Gasteiger partial charge in [0.1, 0.15) is 0 Å². The summed E-state index contributed by atoms with van der Waals surface area (Å²) in [6.45, 7) is 0. The number of fused-ring (bicyclic) bond motifs is 2. The van der Waals surface area contributed by atoms with Gasteiger partial charge in [0.15, 0.2) is 0 Å². The highest BCUT2D eigenvalue weighted by Gasteiger charge is 2.24. The van der Waals surface area contributed by atoms with Crippen molar-refractivity contribution in [2.45, 2.75) is 0 Å². The van der Waals surface area contributed by atoms with Crippen LogP contribution in [0.4, 0.5) is 34.1 Å². The van der Waals surface area contributed by atoms with E-state index in [2.05, 4.69) is 228 Å². The second-order valence-corrected chi connectivity index (χ2v) is 15.8. The Kier molecular flexibility index (Phi) is 10.2. The van der Waals surface area contributed by atoms with E-state index in [0.29, 0.717) is 0 Å². The molecule has 0 saturated carbocycles. The van der Waals surface area contributed by atoms with E-state index in [-0.39, 0.29) is 0 Å². The highest BCUT2D eigenvalue weighted by atomic mass is 15.2. The third-order valence-corrected chi connectivity index (χ3v) is 11.9. The fourth-order valence-electron chi connectivity index (χ4n) is 9.10. The quantitative estimate of drug-likeness (QED) is 0.129. The summed E-state index contributed by atoms with van der Waals surface area (Å²) < 4.78 is 0. The molecule has 0 saturated heterocycles. The van der Waals surface area contributed by atoms with Crippen LogP contribution in [0.3, 0.4) is 0 Å². The fraction of sp³-hybridized carbons (Fsp3) is 0. The van der Waals surface area contributed by atoms with Crippen LogP contribution in [0.5, 0.6) is 0 Å². The standard InChI is InChI=1S/C60H42N4/c1-4-23-47(24-5-1)63(48-25-6-2-7-26-48)50-35-37-51(38-36-50)64(49-27-8-3-9-28-49)57-34-18-31-54-58(45-21-16-19-43(41-45)55-32-12-14-39-61-55)52-29-10-11-30-53(52)59(60(54)57)46-22-17-20-44(42-46)56-33-13-15-40-62-56/h1-42H. The molecule has 11 aromatic rings. The first kappa shape index (κ1) is 38.3. The molecule has 64 heavy (non-hydrogen) atoms. The number of anilines is 6. The van der Waals surface area contributed by atoms with Gasteiger partial charge in [0.05, 0.1) is 17.1 Å². The molecule has 0 fully saturated rings. The molecule has 9 aromatic carbocycles. The lowest BCUT2D eigenvalue weighted by atomic mass is 9.84. The number of aromatic nitrogens is 2. The van der Waals surface area contributed by atoms with Crippen LogP contribution in [-0.2, 0) is 0 Å². The largest absolute Gasteiger partial charge is 0.311 e. The summed E-state index contributed by atoms with van der Waals surface area (Å²) in [7, 11) is 0. The molecule has 0 aliphatic rings. The van der Waals surface area contributed by atoms with Gasteiger partial charge in [0.2, 0.25) is 0 Å². The highest BCUT2D eigenvalue weighted by molar-refractivity contribution is 6.25. The molecule has 2 aromatic heterocycles. The van der Waals surface area contributed by atoms with E-state index >= 15 is 0 Å². The maximum atomic E-state index is 4.76. The number of benzene rings is 9. The minimum Gasteiger partial charge on any atom is -0.311 e. The van der Waals surface area contributed by atoms with Crippen molar-refractivity contribution in [3.63, 3.8) is 0 Å². The highest BCUT2D eigenvalue weighted by Crippen LogP contribution is 2.50. The number of hydrogen-bond acceptors (Lipinski definition) is 4. The number of nitrogens with zero attached hydrogens (tertiary/aromatic N) is 4. The molecule has 0 radical (unpaired) electrons. The van der Waals surface area contributed by atoms with Crippen LogP contribution < -0.4 is 9.80 Å². The minimum absolute atomic E-state index is 0.937. The lowest BCUT2D eigenvalue weighted by Gasteiger charge is -2.30. The number of para-hydroxylation sites is 3. The second-order valence-electron chi connectivity index (χ2n) is 15.8. The molecule has 11 rings (SSSR count). The van der Waals surface area contributed by atoms with E-state index in [0.717, 1.165) is 78.5 Å². The zero-order valence-corrected chi connectivity index (χ0v) is 35.0. The van der Waals surface area contributed by atoms with Crippen molar-refractivity contribution >= 4 is 55.7 Å². The number of rotatable bonds is 10. The Balaban J connectivity index is 1.19. The summed E-state index contributed by atoms with van der Waals surface area (Å²) in [6, 6.07) is 86.3. The van der Waals surface area contributed by atoms with Gasteiger partial charge in [-0.3, -0.25) is 9.97 Å². The molecule has 0 unspecified atom stereocenters. The van der Waals surface area contributed by atoms with Gasteiger partial charge >= 0.3 is 0 Å². The second kappa shape index (κ2) is 17.0. The molecule has 0 aliphatic heterocycles. The third-order valence-electron chi connectivity index (χ3n) is 11.9. The van der Waals surface area contributed by atoms with Crippen molar-refractivity contribution in [2.75, 3.05) is 9.80 Å². The van der Waals surface area contributed by atoms with E-state index in [1.807, 2.05) is 36.7 Å². The molecule has 2 heterocycles. The van der Waals surface area contributed by atoms with Crippen LogP contribution >= 0.6 is 0 Å². The third kappa shape index (κ3) is 7.23. The van der Waals surface area contributed by atoms with Gasteiger partial charge in [0, 0.05) is 57.3 Å². The van der Waals surface area contributed by atoms with Crippen molar-refractivity contribution in [3.8, 4) is 44.8 Å². The molecule has 0 aliphatic carbocycles. The van der Waals surface area contributed by atoms with Gasteiger partial charge in [-0.15, -0.1) is 0 Å². The molecule has 0 N–H and O–H groups in total. The predicted octanol–water partition coefficient (Wildman–Crippen LogP) is 16.4. The first-order valence-electron chi connectivity index (χ1n) is 21.7. The number of hydrogen-bond donors (Lipinski definition) is 0. The van der Waals surface area contributed by atoms with E-state index < -0.39 is 0 Å². The molecule has 4 heteroatoms. The average Bonchev–Trinajstić information content (AvgIpc) is 3.38. The summed E-state index contributed by atoms with van der Waals surface area (Å²) >= 11 is 0. The molecule has 0 spiro atoms. The van der Waals surface area contributed by atoms with Gasteiger partial charge in [-0.05, 0) is 142 Å². The van der Waals surface area contributed by atoms with E-state index in [1.54, 1.807) is 0 Å². The van der Waals surface area contributed by atoms with E-state index in [9.17, 15) is 0 Å². The fourth-order valence-corrected chi connectivity index (χ4v) is 9.10. The van der Waals surface area contributed by atoms with E-state index in [4.69, 9.17) is 9.97 Å². The maximum absolute atomic E-state index is 4.76. The lowest BCUT2D eigenvalue weighted by molar-refractivity contribution is 1.26. The minimum atomic E-state index is 0.937. The Bertz CT molecular complexity index is 3320. The molecule has 0 atom stereocenters. The van der Waals surface area contributed by atoms with Crippen LogP contribution in [0.1, 0.15) is 0 Å². The van der Waals surface area contributed by atoms with Crippen molar-refractivity contribution in [3.05, 3.63) is 255 Å². The normalized spacial score (nSPS) is 11.1. The topological polar surface area (TPSA) is 32.3 Å².